The monoisotopic (exact) mass is 396 g/mol. The fraction of sp³-hybridized carbons (Fsp3) is 0.545. The van der Waals surface area contributed by atoms with Crippen molar-refractivity contribution in [3.8, 4) is 5.75 Å². The van der Waals surface area contributed by atoms with Gasteiger partial charge in [0.05, 0.1) is 17.2 Å². The molecule has 5 rings (SSSR count). The summed E-state index contributed by atoms with van der Waals surface area (Å²) in [6.07, 6.45) is 7.25. The number of rotatable bonds is 4. The Bertz CT molecular complexity index is 898. The van der Waals surface area contributed by atoms with E-state index in [2.05, 4.69) is 5.32 Å². The van der Waals surface area contributed by atoms with Gasteiger partial charge in [0, 0.05) is 6.42 Å². The van der Waals surface area contributed by atoms with E-state index in [0.717, 1.165) is 42.4 Å². The van der Waals surface area contributed by atoms with Crippen molar-refractivity contribution in [2.45, 2.75) is 63.5 Å². The van der Waals surface area contributed by atoms with E-state index < -0.39 is 23.8 Å². The molecular weight excluding hydrogens is 372 g/mol. The molecule has 0 spiro atoms. The molecule has 29 heavy (non-hydrogen) atoms. The van der Waals surface area contributed by atoms with Gasteiger partial charge < -0.3 is 4.74 Å². The lowest BCUT2D eigenvalue weighted by atomic mass is 9.84. The topological polar surface area (TPSA) is 92.8 Å². The molecule has 152 valence electrons. The smallest absolute Gasteiger partial charge is 0.266 e. The van der Waals surface area contributed by atoms with Crippen LogP contribution in [0.25, 0.3) is 0 Å². The minimum absolute atomic E-state index is 0.0454. The number of nitrogens with zero attached hydrogens (tertiary/aromatic N) is 1. The maximum Gasteiger partial charge on any atom is 0.266 e. The molecule has 2 saturated carbocycles. The summed E-state index contributed by atoms with van der Waals surface area (Å²) in [5, 5.41) is 2.22. The average molecular weight is 396 g/mol. The van der Waals surface area contributed by atoms with Crippen LogP contribution in [0.2, 0.25) is 0 Å². The predicted octanol–water partition coefficient (Wildman–Crippen LogP) is 2.44. The first kappa shape index (κ1) is 18.3. The van der Waals surface area contributed by atoms with Crippen LogP contribution in [0, 0.1) is 11.8 Å². The van der Waals surface area contributed by atoms with Crippen LogP contribution in [0.3, 0.4) is 0 Å². The molecule has 1 N–H and O–H groups in total. The Kier molecular flexibility index (Phi) is 4.41. The number of carbonyl (C=O) groups excluding carboxylic acids is 4. The first-order valence-electron chi connectivity index (χ1n) is 10.5. The summed E-state index contributed by atoms with van der Waals surface area (Å²) in [5.74, 6) is 0.140. The first-order valence-corrected chi connectivity index (χ1v) is 10.5. The van der Waals surface area contributed by atoms with Crippen LogP contribution in [0.5, 0.6) is 5.75 Å². The molecule has 1 aromatic carbocycles. The number of benzene rings is 1. The normalized spacial score (nSPS) is 29.7. The van der Waals surface area contributed by atoms with Crippen molar-refractivity contribution in [3.05, 3.63) is 29.3 Å². The second kappa shape index (κ2) is 6.97. The summed E-state index contributed by atoms with van der Waals surface area (Å²) >= 11 is 0. The Morgan fingerprint density at radius 2 is 1.55 bits per heavy atom. The molecule has 1 unspecified atom stereocenters. The third-order valence-corrected chi connectivity index (χ3v) is 6.73. The fourth-order valence-electron chi connectivity index (χ4n) is 5.01. The van der Waals surface area contributed by atoms with Crippen LogP contribution >= 0.6 is 0 Å². The summed E-state index contributed by atoms with van der Waals surface area (Å²) in [7, 11) is 0. The van der Waals surface area contributed by atoms with E-state index in [0.29, 0.717) is 5.75 Å². The maximum absolute atomic E-state index is 13.1. The van der Waals surface area contributed by atoms with Gasteiger partial charge in [-0.15, -0.1) is 0 Å². The number of imide groups is 2. The number of piperidine rings is 1. The standard InChI is InChI=1S/C22H24N2O5/c25-18-11-10-16(20(26)23-18)24-21(27)15-2-1-3-17(19(15)22(24)28)29-14-8-6-13(7-9-14)12-4-5-12/h1-3,12-14,16H,4-11H2,(H,23,25,26). The maximum atomic E-state index is 13.1. The summed E-state index contributed by atoms with van der Waals surface area (Å²) in [6.45, 7) is 0. The van der Waals surface area contributed by atoms with E-state index in [1.807, 2.05) is 0 Å². The summed E-state index contributed by atoms with van der Waals surface area (Å²) in [5.41, 5.74) is 0.510. The summed E-state index contributed by atoms with van der Waals surface area (Å²) < 4.78 is 6.19. The number of fused-ring (bicyclic) bond motifs is 1. The molecule has 4 amide bonds. The van der Waals surface area contributed by atoms with E-state index in [9.17, 15) is 19.2 Å². The van der Waals surface area contributed by atoms with Gasteiger partial charge in [0.15, 0.2) is 0 Å². The summed E-state index contributed by atoms with van der Waals surface area (Å²) in [4.78, 5) is 50.6. The van der Waals surface area contributed by atoms with Crippen LogP contribution in [0.1, 0.15) is 72.1 Å². The predicted molar refractivity (Wildman–Crippen MR) is 102 cm³/mol. The van der Waals surface area contributed by atoms with E-state index >= 15 is 0 Å². The number of carbonyl (C=O) groups is 4. The molecule has 7 nitrogen and oxygen atoms in total. The van der Waals surface area contributed by atoms with Crippen LogP contribution < -0.4 is 10.1 Å². The molecule has 1 saturated heterocycles. The molecule has 4 aliphatic rings. The highest BCUT2D eigenvalue weighted by Crippen LogP contribution is 2.44. The van der Waals surface area contributed by atoms with E-state index in [1.54, 1.807) is 18.2 Å². The Morgan fingerprint density at radius 3 is 2.21 bits per heavy atom. The molecule has 0 bridgehead atoms. The fourth-order valence-corrected chi connectivity index (χ4v) is 5.01. The Morgan fingerprint density at radius 1 is 0.862 bits per heavy atom. The number of hydrogen-bond acceptors (Lipinski definition) is 5. The minimum atomic E-state index is -0.957. The lowest BCUT2D eigenvalue weighted by Gasteiger charge is -2.29. The third kappa shape index (κ3) is 3.22. The molecule has 1 atom stereocenters. The minimum Gasteiger partial charge on any atom is -0.490 e. The number of ether oxygens (including phenoxy) is 1. The molecule has 7 heteroatoms. The van der Waals surface area contributed by atoms with E-state index in [1.165, 1.54) is 12.8 Å². The van der Waals surface area contributed by atoms with Crippen LogP contribution in [0.4, 0.5) is 0 Å². The zero-order chi connectivity index (χ0) is 20.1. The largest absolute Gasteiger partial charge is 0.490 e. The number of amides is 4. The lowest BCUT2D eigenvalue weighted by Crippen LogP contribution is -2.54. The van der Waals surface area contributed by atoms with Crippen molar-refractivity contribution in [2.24, 2.45) is 11.8 Å². The highest BCUT2D eigenvalue weighted by atomic mass is 16.5. The van der Waals surface area contributed by atoms with Crippen molar-refractivity contribution in [3.63, 3.8) is 0 Å². The molecule has 2 heterocycles. The molecule has 2 aliphatic heterocycles. The van der Waals surface area contributed by atoms with Gasteiger partial charge in [-0.1, -0.05) is 6.07 Å². The molecule has 2 aliphatic carbocycles. The summed E-state index contributed by atoms with van der Waals surface area (Å²) in [6, 6.07) is 4.08. The van der Waals surface area contributed by atoms with Crippen molar-refractivity contribution < 1.29 is 23.9 Å². The van der Waals surface area contributed by atoms with Crippen molar-refractivity contribution in [1.82, 2.24) is 10.2 Å². The molecule has 3 fully saturated rings. The van der Waals surface area contributed by atoms with Crippen molar-refractivity contribution in [2.75, 3.05) is 0 Å². The zero-order valence-electron chi connectivity index (χ0n) is 16.2. The van der Waals surface area contributed by atoms with Gasteiger partial charge in [-0.25, -0.2) is 0 Å². The molecule has 1 aromatic rings. The average Bonchev–Trinajstić information content (AvgIpc) is 3.52. The molecule has 0 radical (unpaired) electrons. The quantitative estimate of drug-likeness (QED) is 0.789. The zero-order valence-corrected chi connectivity index (χ0v) is 16.2. The first-order chi connectivity index (χ1) is 14.0. The SMILES string of the molecule is O=C1CCC(N2C(=O)c3cccc(OC4CCC(C5CC5)CC4)c3C2=O)C(=O)N1. The van der Waals surface area contributed by atoms with E-state index in [4.69, 9.17) is 4.74 Å². The van der Waals surface area contributed by atoms with Crippen LogP contribution in [0.15, 0.2) is 18.2 Å². The third-order valence-electron chi connectivity index (χ3n) is 6.73. The van der Waals surface area contributed by atoms with Gasteiger partial charge in [-0.2, -0.15) is 0 Å². The Labute approximate surface area is 168 Å². The van der Waals surface area contributed by atoms with Crippen LogP contribution in [-0.4, -0.2) is 40.7 Å². The number of nitrogens with one attached hydrogen (secondary N) is 1. The van der Waals surface area contributed by atoms with Gasteiger partial charge in [0.1, 0.15) is 11.8 Å². The molecular formula is C22H24N2O5. The number of hydrogen-bond donors (Lipinski definition) is 1. The van der Waals surface area contributed by atoms with Gasteiger partial charge in [-0.05, 0) is 68.9 Å². The van der Waals surface area contributed by atoms with Gasteiger partial charge in [-0.3, -0.25) is 29.4 Å². The molecule has 0 aromatic heterocycles. The van der Waals surface area contributed by atoms with E-state index in [-0.39, 0.29) is 36.0 Å². The Hall–Kier alpha value is -2.70. The van der Waals surface area contributed by atoms with Gasteiger partial charge in [0.2, 0.25) is 11.8 Å². The second-order valence-corrected chi connectivity index (χ2v) is 8.62. The van der Waals surface area contributed by atoms with Crippen LogP contribution in [-0.2, 0) is 9.59 Å². The highest BCUT2D eigenvalue weighted by molar-refractivity contribution is 6.24. The second-order valence-electron chi connectivity index (χ2n) is 8.62. The Balaban J connectivity index is 1.35. The van der Waals surface area contributed by atoms with Crippen molar-refractivity contribution in [1.29, 1.82) is 0 Å². The lowest BCUT2D eigenvalue weighted by molar-refractivity contribution is -0.136. The van der Waals surface area contributed by atoms with Gasteiger partial charge >= 0.3 is 0 Å². The van der Waals surface area contributed by atoms with Crippen molar-refractivity contribution >= 4 is 23.6 Å². The highest BCUT2D eigenvalue weighted by Gasteiger charge is 2.46. The van der Waals surface area contributed by atoms with Gasteiger partial charge in [0.25, 0.3) is 11.8 Å².